The predicted octanol–water partition coefficient (Wildman–Crippen LogP) is 2.91. The van der Waals surface area contributed by atoms with Gasteiger partial charge < -0.3 is 0 Å². The molecule has 2 saturated carbocycles. The molecule has 2 aliphatic carbocycles. The Balaban J connectivity index is 1.99. The lowest BCUT2D eigenvalue weighted by Crippen LogP contribution is -2.39. The van der Waals surface area contributed by atoms with Crippen LogP contribution in [0, 0.1) is 0 Å². The molecule has 0 radical (unpaired) electrons. The summed E-state index contributed by atoms with van der Waals surface area (Å²) in [4.78, 5) is 2.21. The van der Waals surface area contributed by atoms with Crippen molar-refractivity contribution in [1.82, 2.24) is 0 Å². The van der Waals surface area contributed by atoms with Gasteiger partial charge in [-0.15, -0.1) is 0 Å². The standard InChI is InChI=1S/C12H24N2O2/c15-13(11-7-3-1-4-8-11)14(16)12-9-5-2-6-10-12/h11-12,15-16H,1-10H2/q+2/b14-13-. The van der Waals surface area contributed by atoms with E-state index in [1.165, 1.54) is 38.5 Å². The highest BCUT2D eigenvalue weighted by Gasteiger charge is 2.39. The van der Waals surface area contributed by atoms with Gasteiger partial charge in [-0.3, -0.25) is 0 Å². The van der Waals surface area contributed by atoms with Gasteiger partial charge in [0.1, 0.15) is 0 Å². The van der Waals surface area contributed by atoms with E-state index >= 15 is 0 Å². The van der Waals surface area contributed by atoms with Gasteiger partial charge in [-0.1, -0.05) is 12.8 Å². The van der Waals surface area contributed by atoms with E-state index in [4.69, 9.17) is 0 Å². The molecule has 0 saturated heterocycles. The van der Waals surface area contributed by atoms with Crippen LogP contribution >= 0.6 is 0 Å². The van der Waals surface area contributed by atoms with Crippen molar-refractivity contribution in [3.63, 3.8) is 0 Å². The van der Waals surface area contributed by atoms with Crippen LogP contribution in [0.3, 0.4) is 0 Å². The van der Waals surface area contributed by atoms with Crippen molar-refractivity contribution in [3.05, 3.63) is 0 Å². The zero-order valence-corrected chi connectivity index (χ0v) is 10.0. The molecule has 2 N–H and O–H groups in total. The molecular weight excluding hydrogens is 204 g/mol. The highest BCUT2D eigenvalue weighted by atomic mass is 16.6. The third-order valence-corrected chi connectivity index (χ3v) is 4.01. The van der Waals surface area contributed by atoms with Gasteiger partial charge >= 0.3 is 0 Å². The number of azo groups is 1. The molecule has 16 heavy (non-hydrogen) atoms. The molecule has 0 atom stereocenters. The molecule has 2 fully saturated rings. The summed E-state index contributed by atoms with van der Waals surface area (Å²) in [5, 5.41) is 20.0. The molecule has 0 aromatic heterocycles. The summed E-state index contributed by atoms with van der Waals surface area (Å²) in [5.41, 5.74) is 0. The van der Waals surface area contributed by atoms with Crippen molar-refractivity contribution in [2.75, 3.05) is 0 Å². The van der Waals surface area contributed by atoms with Crippen molar-refractivity contribution in [3.8, 4) is 0 Å². The van der Waals surface area contributed by atoms with Crippen LogP contribution in [0.25, 0.3) is 0 Å². The van der Waals surface area contributed by atoms with Gasteiger partial charge in [0.15, 0.2) is 0 Å². The van der Waals surface area contributed by atoms with E-state index in [9.17, 15) is 10.4 Å². The van der Waals surface area contributed by atoms with E-state index in [0.29, 0.717) is 0 Å². The Morgan fingerprint density at radius 3 is 1.19 bits per heavy atom. The van der Waals surface area contributed by atoms with Crippen LogP contribution in [0.15, 0.2) is 0 Å². The maximum atomic E-state index is 10.0. The van der Waals surface area contributed by atoms with Gasteiger partial charge in [0, 0.05) is 25.7 Å². The summed E-state index contributed by atoms with van der Waals surface area (Å²) in [5.74, 6) is 0. The summed E-state index contributed by atoms with van der Waals surface area (Å²) in [6.07, 6.45) is 11.2. The second-order valence-electron chi connectivity index (χ2n) is 5.22. The minimum atomic E-state index is 0.126. The van der Waals surface area contributed by atoms with Crippen LogP contribution in [0.2, 0.25) is 0 Å². The SMILES string of the molecule is O/[N+](C1CCCCC1)=[N+](\O)C1CCCCC1. The molecule has 0 heterocycles. The van der Waals surface area contributed by atoms with Crippen molar-refractivity contribution in [2.45, 2.75) is 76.3 Å². The smallest absolute Gasteiger partial charge is 0.233 e. The van der Waals surface area contributed by atoms with E-state index in [0.717, 1.165) is 35.4 Å². The number of hydrogen-bond donors (Lipinski definition) is 2. The Hall–Kier alpha value is -0.800. The summed E-state index contributed by atoms with van der Waals surface area (Å²) in [6, 6.07) is 0.251. The summed E-state index contributed by atoms with van der Waals surface area (Å²) >= 11 is 0. The fourth-order valence-corrected chi connectivity index (χ4v) is 2.96. The van der Waals surface area contributed by atoms with Crippen LogP contribution < -0.4 is 0 Å². The summed E-state index contributed by atoms with van der Waals surface area (Å²) in [7, 11) is 0. The average molecular weight is 228 g/mol. The molecule has 0 aromatic rings. The Bertz CT molecular complexity index is 228. The van der Waals surface area contributed by atoms with Crippen LogP contribution in [0.1, 0.15) is 64.2 Å². The van der Waals surface area contributed by atoms with Crippen LogP contribution in [-0.2, 0) is 0 Å². The Morgan fingerprint density at radius 2 is 0.875 bits per heavy atom. The van der Waals surface area contributed by atoms with Gasteiger partial charge in [-0.05, 0) is 25.7 Å². The predicted molar refractivity (Wildman–Crippen MR) is 57.8 cm³/mol. The quantitative estimate of drug-likeness (QED) is 0.433. The molecule has 2 rings (SSSR count). The van der Waals surface area contributed by atoms with Crippen molar-refractivity contribution < 1.29 is 20.1 Å². The van der Waals surface area contributed by atoms with E-state index in [2.05, 4.69) is 0 Å². The maximum Gasteiger partial charge on any atom is 0.275 e. The molecule has 0 amide bonds. The first-order chi connectivity index (χ1) is 7.79. The highest BCUT2D eigenvalue weighted by Crippen LogP contribution is 2.22. The number of rotatable bonds is 2. The van der Waals surface area contributed by atoms with E-state index in [-0.39, 0.29) is 12.1 Å². The molecule has 0 aliphatic heterocycles. The molecule has 2 aliphatic rings. The largest absolute Gasteiger partial charge is 0.275 e. The number of hydrogen-bond acceptors (Lipinski definition) is 0. The zero-order chi connectivity index (χ0) is 11.4. The number of hydroxylamine groups is 2. The molecule has 4 nitrogen and oxygen atoms in total. The van der Waals surface area contributed by atoms with Crippen LogP contribution in [-0.4, -0.2) is 32.2 Å². The lowest BCUT2D eigenvalue weighted by Gasteiger charge is -2.14. The second-order valence-corrected chi connectivity index (χ2v) is 5.22. The molecule has 92 valence electrons. The van der Waals surface area contributed by atoms with Crippen LogP contribution in [0.4, 0.5) is 0 Å². The Labute approximate surface area is 97.1 Å². The Morgan fingerprint density at radius 1 is 0.562 bits per heavy atom. The first-order valence-electron chi connectivity index (χ1n) is 6.75. The highest BCUT2D eigenvalue weighted by molar-refractivity contribution is 4.63. The van der Waals surface area contributed by atoms with Crippen LogP contribution in [0.5, 0.6) is 0 Å². The zero-order valence-electron chi connectivity index (χ0n) is 10.0. The molecule has 0 unspecified atom stereocenters. The van der Waals surface area contributed by atoms with Gasteiger partial charge in [-0.25, -0.2) is 10.4 Å². The third-order valence-electron chi connectivity index (χ3n) is 4.01. The fourth-order valence-electron chi connectivity index (χ4n) is 2.96. The fraction of sp³-hybridized carbons (Fsp3) is 1.00. The maximum absolute atomic E-state index is 10.0. The lowest BCUT2D eigenvalue weighted by molar-refractivity contribution is -1.23. The molecular formula is C12H24N2O2+2. The molecule has 0 aromatic carbocycles. The van der Waals surface area contributed by atoms with E-state index in [1.807, 2.05) is 0 Å². The van der Waals surface area contributed by atoms with Gasteiger partial charge in [0.2, 0.25) is 9.72 Å². The van der Waals surface area contributed by atoms with Gasteiger partial charge in [-0.2, -0.15) is 0 Å². The molecule has 4 heteroatoms. The topological polar surface area (TPSA) is 46.5 Å². The monoisotopic (exact) mass is 228 g/mol. The first kappa shape index (κ1) is 11.7. The van der Waals surface area contributed by atoms with Crippen molar-refractivity contribution in [1.29, 1.82) is 0 Å². The lowest BCUT2D eigenvalue weighted by atomic mass is 9.95. The minimum Gasteiger partial charge on any atom is -0.233 e. The molecule has 0 bridgehead atoms. The van der Waals surface area contributed by atoms with Crippen molar-refractivity contribution in [2.24, 2.45) is 0 Å². The minimum absolute atomic E-state index is 0.126. The average Bonchev–Trinajstić information content (AvgIpc) is 2.39. The summed E-state index contributed by atoms with van der Waals surface area (Å²) < 4.78 is 0. The third kappa shape index (κ3) is 2.66. The van der Waals surface area contributed by atoms with E-state index in [1.54, 1.807) is 0 Å². The van der Waals surface area contributed by atoms with E-state index < -0.39 is 0 Å². The normalized spacial score (nSPS) is 26.5. The summed E-state index contributed by atoms with van der Waals surface area (Å²) in [6.45, 7) is 0. The Kier molecular flexibility index (Phi) is 4.02. The van der Waals surface area contributed by atoms with Gasteiger partial charge in [0.25, 0.3) is 12.1 Å². The van der Waals surface area contributed by atoms with Crippen molar-refractivity contribution >= 4 is 0 Å². The first-order valence-corrected chi connectivity index (χ1v) is 6.75. The molecule has 0 spiro atoms. The number of nitrogens with zero attached hydrogens (tertiary/aromatic N) is 2. The van der Waals surface area contributed by atoms with Gasteiger partial charge in [0.05, 0.1) is 0 Å². The second kappa shape index (κ2) is 5.51.